The summed E-state index contributed by atoms with van der Waals surface area (Å²) >= 11 is 0. The van der Waals surface area contributed by atoms with E-state index in [2.05, 4.69) is 157 Å². The molecule has 0 aliphatic heterocycles. The van der Waals surface area contributed by atoms with Crippen molar-refractivity contribution < 1.29 is 0 Å². The molecular formula is C37H27N. The Labute approximate surface area is 223 Å². The van der Waals surface area contributed by atoms with Gasteiger partial charge in [0, 0.05) is 28.9 Å². The lowest BCUT2D eigenvalue weighted by molar-refractivity contribution is 1.01. The number of rotatable bonds is 4. The van der Waals surface area contributed by atoms with Crippen molar-refractivity contribution in [1.82, 2.24) is 4.57 Å². The fourth-order valence-electron chi connectivity index (χ4n) is 5.60. The molecule has 1 heterocycles. The number of benzene rings is 6. The minimum Gasteiger partial charge on any atom is -0.344 e. The summed E-state index contributed by atoms with van der Waals surface area (Å²) in [5.41, 5.74) is 12.4. The summed E-state index contributed by atoms with van der Waals surface area (Å²) < 4.78 is 2.30. The molecule has 180 valence electrons. The number of fused-ring (bicyclic) bond motifs is 3. The van der Waals surface area contributed by atoms with Gasteiger partial charge in [-0.1, -0.05) is 109 Å². The maximum Gasteiger partial charge on any atom is 0.0489 e. The maximum atomic E-state index is 2.35. The molecule has 0 spiro atoms. The Bertz CT molecular complexity index is 1770. The van der Waals surface area contributed by atoms with Crippen LogP contribution in [0.25, 0.3) is 66.3 Å². The molecule has 0 atom stereocenters. The summed E-state index contributed by atoms with van der Waals surface area (Å²) in [6.07, 6.45) is 0. The Morgan fingerprint density at radius 3 is 1.08 bits per heavy atom. The van der Waals surface area contributed by atoms with Gasteiger partial charge in [0.1, 0.15) is 0 Å². The van der Waals surface area contributed by atoms with E-state index in [1.54, 1.807) is 0 Å². The van der Waals surface area contributed by atoms with E-state index < -0.39 is 0 Å². The SMILES string of the molecule is Cn1c2ccc(-c3cccc(-c4ccccc4)c3)cc2c2cc(-c3cccc(-c4ccccc4)c3)ccc21. The summed E-state index contributed by atoms with van der Waals surface area (Å²) in [5, 5.41) is 2.57. The lowest BCUT2D eigenvalue weighted by atomic mass is 9.96. The van der Waals surface area contributed by atoms with Crippen molar-refractivity contribution in [1.29, 1.82) is 0 Å². The third-order valence-electron chi connectivity index (χ3n) is 7.61. The van der Waals surface area contributed by atoms with Gasteiger partial charge in [-0.15, -0.1) is 0 Å². The summed E-state index contributed by atoms with van der Waals surface area (Å²) in [6, 6.07) is 52.6. The van der Waals surface area contributed by atoms with Gasteiger partial charge in [0.15, 0.2) is 0 Å². The molecule has 6 aromatic carbocycles. The largest absolute Gasteiger partial charge is 0.344 e. The van der Waals surface area contributed by atoms with E-state index in [0.29, 0.717) is 0 Å². The van der Waals surface area contributed by atoms with Crippen molar-refractivity contribution in [2.75, 3.05) is 0 Å². The first kappa shape index (κ1) is 22.3. The van der Waals surface area contributed by atoms with Crippen LogP contribution in [-0.2, 0) is 7.05 Å². The molecule has 0 amide bonds. The molecular weight excluding hydrogens is 458 g/mol. The van der Waals surface area contributed by atoms with Crippen molar-refractivity contribution in [3.05, 3.63) is 146 Å². The van der Waals surface area contributed by atoms with Crippen molar-refractivity contribution in [3.8, 4) is 44.5 Å². The molecule has 0 saturated heterocycles. The first-order valence-electron chi connectivity index (χ1n) is 13.1. The lowest BCUT2D eigenvalue weighted by Crippen LogP contribution is -1.87. The Morgan fingerprint density at radius 1 is 0.316 bits per heavy atom. The van der Waals surface area contributed by atoms with Gasteiger partial charge >= 0.3 is 0 Å². The summed E-state index contributed by atoms with van der Waals surface area (Å²) in [4.78, 5) is 0. The Morgan fingerprint density at radius 2 is 0.658 bits per heavy atom. The number of hydrogen-bond acceptors (Lipinski definition) is 0. The molecule has 0 fully saturated rings. The van der Waals surface area contributed by atoms with Gasteiger partial charge in [-0.05, 0) is 80.9 Å². The van der Waals surface area contributed by atoms with Gasteiger partial charge in [-0.25, -0.2) is 0 Å². The predicted molar refractivity (Wildman–Crippen MR) is 162 cm³/mol. The highest BCUT2D eigenvalue weighted by atomic mass is 14.9. The second-order valence-corrected chi connectivity index (χ2v) is 9.92. The Kier molecular flexibility index (Phi) is 5.41. The van der Waals surface area contributed by atoms with Crippen molar-refractivity contribution in [2.24, 2.45) is 7.05 Å². The van der Waals surface area contributed by atoms with Crippen molar-refractivity contribution in [2.45, 2.75) is 0 Å². The van der Waals surface area contributed by atoms with Crippen LogP contribution in [0.5, 0.6) is 0 Å². The van der Waals surface area contributed by atoms with Gasteiger partial charge in [0.25, 0.3) is 0 Å². The highest BCUT2D eigenvalue weighted by Crippen LogP contribution is 2.36. The van der Waals surface area contributed by atoms with Gasteiger partial charge in [-0.2, -0.15) is 0 Å². The molecule has 1 nitrogen and oxygen atoms in total. The average Bonchev–Trinajstić information content (AvgIpc) is 3.28. The quantitative estimate of drug-likeness (QED) is 0.234. The predicted octanol–water partition coefficient (Wildman–Crippen LogP) is 10.00. The molecule has 7 rings (SSSR count). The molecule has 0 unspecified atom stereocenters. The second kappa shape index (κ2) is 9.21. The van der Waals surface area contributed by atoms with Crippen LogP contribution in [-0.4, -0.2) is 4.57 Å². The molecule has 0 N–H and O–H groups in total. The zero-order valence-electron chi connectivity index (χ0n) is 21.3. The van der Waals surface area contributed by atoms with Gasteiger partial charge in [0.05, 0.1) is 0 Å². The lowest BCUT2D eigenvalue weighted by Gasteiger charge is -2.07. The van der Waals surface area contributed by atoms with Crippen LogP contribution in [0.15, 0.2) is 146 Å². The molecule has 38 heavy (non-hydrogen) atoms. The molecule has 0 aliphatic rings. The van der Waals surface area contributed by atoms with E-state index >= 15 is 0 Å². The maximum absolute atomic E-state index is 2.35. The summed E-state index contributed by atoms with van der Waals surface area (Å²) in [6.45, 7) is 0. The molecule has 0 saturated carbocycles. The topological polar surface area (TPSA) is 4.93 Å². The van der Waals surface area contributed by atoms with Crippen LogP contribution in [0, 0.1) is 0 Å². The summed E-state index contributed by atoms with van der Waals surface area (Å²) in [5.74, 6) is 0. The summed E-state index contributed by atoms with van der Waals surface area (Å²) in [7, 11) is 2.16. The van der Waals surface area contributed by atoms with E-state index in [-0.39, 0.29) is 0 Å². The Hall–Kier alpha value is -4.88. The molecule has 0 aliphatic carbocycles. The first-order chi connectivity index (χ1) is 18.7. The zero-order valence-corrected chi connectivity index (χ0v) is 21.3. The fourth-order valence-corrected chi connectivity index (χ4v) is 5.60. The van der Waals surface area contributed by atoms with E-state index in [1.807, 2.05) is 0 Å². The van der Waals surface area contributed by atoms with Gasteiger partial charge in [0.2, 0.25) is 0 Å². The van der Waals surface area contributed by atoms with Gasteiger partial charge < -0.3 is 4.57 Å². The number of aryl methyl sites for hydroxylation is 1. The minimum absolute atomic E-state index is 1.23. The third-order valence-corrected chi connectivity index (χ3v) is 7.61. The Balaban J connectivity index is 1.34. The van der Waals surface area contributed by atoms with Crippen LogP contribution >= 0.6 is 0 Å². The highest BCUT2D eigenvalue weighted by Gasteiger charge is 2.12. The van der Waals surface area contributed by atoms with Crippen LogP contribution in [0.3, 0.4) is 0 Å². The minimum atomic E-state index is 1.23. The number of nitrogens with zero attached hydrogens (tertiary/aromatic N) is 1. The molecule has 1 aromatic heterocycles. The van der Waals surface area contributed by atoms with E-state index in [4.69, 9.17) is 0 Å². The standard InChI is InChI=1S/C37H27N/c1-38-36-20-18-32(30-16-8-14-28(22-30)26-10-4-2-5-11-26)24-34(36)35-25-33(19-21-37(35)38)31-17-9-15-29(23-31)27-12-6-3-7-13-27/h2-25H,1H3. The average molecular weight is 486 g/mol. The smallest absolute Gasteiger partial charge is 0.0489 e. The molecule has 1 heteroatoms. The van der Waals surface area contributed by atoms with Gasteiger partial charge in [-0.3, -0.25) is 0 Å². The molecule has 0 bridgehead atoms. The monoisotopic (exact) mass is 485 g/mol. The van der Waals surface area contributed by atoms with E-state index in [1.165, 1.54) is 66.3 Å². The van der Waals surface area contributed by atoms with E-state index in [0.717, 1.165) is 0 Å². The second-order valence-electron chi connectivity index (χ2n) is 9.92. The van der Waals surface area contributed by atoms with Crippen LogP contribution in [0.4, 0.5) is 0 Å². The van der Waals surface area contributed by atoms with Crippen LogP contribution in [0.1, 0.15) is 0 Å². The van der Waals surface area contributed by atoms with Crippen LogP contribution in [0.2, 0.25) is 0 Å². The molecule has 0 radical (unpaired) electrons. The normalized spacial score (nSPS) is 11.3. The van der Waals surface area contributed by atoms with E-state index in [9.17, 15) is 0 Å². The molecule has 7 aromatic rings. The first-order valence-corrected chi connectivity index (χ1v) is 13.1. The third kappa shape index (κ3) is 3.90. The zero-order chi connectivity index (χ0) is 25.5. The van der Waals surface area contributed by atoms with Crippen molar-refractivity contribution in [3.63, 3.8) is 0 Å². The van der Waals surface area contributed by atoms with Crippen LogP contribution < -0.4 is 0 Å². The number of aromatic nitrogens is 1. The number of hydrogen-bond donors (Lipinski definition) is 0. The fraction of sp³-hybridized carbons (Fsp3) is 0.0270. The van der Waals surface area contributed by atoms with Crippen molar-refractivity contribution >= 4 is 21.8 Å². The highest BCUT2D eigenvalue weighted by molar-refractivity contribution is 6.10.